The van der Waals surface area contributed by atoms with Crippen LogP contribution in [-0.4, -0.2) is 10.9 Å². The van der Waals surface area contributed by atoms with Gasteiger partial charge in [-0.15, -0.1) is 22.7 Å². The summed E-state index contributed by atoms with van der Waals surface area (Å²) in [5, 5.41) is 5.50. The van der Waals surface area contributed by atoms with Crippen LogP contribution in [-0.2, 0) is 4.79 Å². The van der Waals surface area contributed by atoms with Crippen molar-refractivity contribution in [1.82, 2.24) is 4.98 Å². The largest absolute Gasteiger partial charge is 0.298 e. The van der Waals surface area contributed by atoms with E-state index in [0.717, 1.165) is 15.3 Å². The summed E-state index contributed by atoms with van der Waals surface area (Å²) in [6.45, 7) is 1.97. The Morgan fingerprint density at radius 1 is 1.18 bits per heavy atom. The summed E-state index contributed by atoms with van der Waals surface area (Å²) in [5.74, 6) is -0.144. The van der Waals surface area contributed by atoms with Gasteiger partial charge in [-0.2, -0.15) is 0 Å². The number of nitrogens with one attached hydrogen (secondary N) is 1. The minimum atomic E-state index is -0.144. The molecule has 2 heterocycles. The van der Waals surface area contributed by atoms with Gasteiger partial charge >= 0.3 is 0 Å². The molecule has 1 amide bonds. The third kappa shape index (κ3) is 3.50. The molecule has 22 heavy (non-hydrogen) atoms. The van der Waals surface area contributed by atoms with Crippen LogP contribution in [0, 0.1) is 6.92 Å². The SMILES string of the molecule is Cc1cnc(NC(=O)C(=Cc2cccs2)c2ccccc2)s1. The quantitative estimate of drug-likeness (QED) is 0.707. The van der Waals surface area contributed by atoms with Crippen LogP contribution in [0.1, 0.15) is 15.3 Å². The minimum absolute atomic E-state index is 0.144. The van der Waals surface area contributed by atoms with Crippen LogP contribution in [0.5, 0.6) is 0 Å². The molecule has 2 aromatic heterocycles. The molecule has 0 unspecified atom stereocenters. The standard InChI is InChI=1S/C17H14N2OS2/c1-12-11-18-17(22-12)19-16(20)15(10-14-8-5-9-21-14)13-6-3-2-4-7-13/h2-11H,1H3,(H,18,19,20). The van der Waals surface area contributed by atoms with Crippen LogP contribution in [0.2, 0.25) is 0 Å². The lowest BCUT2D eigenvalue weighted by molar-refractivity contribution is -0.111. The molecular weight excluding hydrogens is 312 g/mol. The number of hydrogen-bond acceptors (Lipinski definition) is 4. The number of aromatic nitrogens is 1. The molecule has 0 saturated carbocycles. The predicted molar refractivity (Wildman–Crippen MR) is 94.1 cm³/mol. The van der Waals surface area contributed by atoms with Crippen molar-refractivity contribution in [2.45, 2.75) is 6.92 Å². The Bertz CT molecular complexity index is 789. The lowest BCUT2D eigenvalue weighted by atomic mass is 10.0. The summed E-state index contributed by atoms with van der Waals surface area (Å²) in [6.07, 6.45) is 3.67. The van der Waals surface area contributed by atoms with Crippen LogP contribution >= 0.6 is 22.7 Å². The number of thiazole rings is 1. The molecule has 1 N–H and O–H groups in total. The highest BCUT2D eigenvalue weighted by Gasteiger charge is 2.14. The number of hydrogen-bond donors (Lipinski definition) is 1. The summed E-state index contributed by atoms with van der Waals surface area (Å²) in [6, 6.07) is 13.6. The van der Waals surface area contributed by atoms with Crippen molar-refractivity contribution < 1.29 is 4.79 Å². The van der Waals surface area contributed by atoms with Crippen molar-refractivity contribution in [2.75, 3.05) is 5.32 Å². The van der Waals surface area contributed by atoms with Gasteiger partial charge in [-0.25, -0.2) is 4.98 Å². The number of carbonyl (C=O) groups excluding carboxylic acids is 1. The second kappa shape index (κ2) is 6.68. The number of anilines is 1. The van der Waals surface area contributed by atoms with Gasteiger partial charge in [0.1, 0.15) is 0 Å². The van der Waals surface area contributed by atoms with E-state index in [1.807, 2.05) is 60.8 Å². The van der Waals surface area contributed by atoms with Crippen molar-refractivity contribution in [3.63, 3.8) is 0 Å². The summed E-state index contributed by atoms with van der Waals surface area (Å²) in [5.41, 5.74) is 1.53. The first-order valence-electron chi connectivity index (χ1n) is 6.77. The van der Waals surface area contributed by atoms with Gasteiger partial charge in [0.05, 0.1) is 0 Å². The van der Waals surface area contributed by atoms with Gasteiger partial charge < -0.3 is 0 Å². The molecule has 0 atom stereocenters. The van der Waals surface area contributed by atoms with E-state index in [1.165, 1.54) is 11.3 Å². The molecule has 0 radical (unpaired) electrons. The first kappa shape index (κ1) is 14.7. The van der Waals surface area contributed by atoms with Gasteiger partial charge in [0.25, 0.3) is 5.91 Å². The second-order valence-corrected chi connectivity index (χ2v) is 6.88. The summed E-state index contributed by atoms with van der Waals surface area (Å²) in [4.78, 5) is 18.9. The number of rotatable bonds is 4. The number of amides is 1. The fourth-order valence-corrected chi connectivity index (χ4v) is 3.31. The zero-order valence-corrected chi connectivity index (χ0v) is 13.6. The lowest BCUT2D eigenvalue weighted by Gasteiger charge is -2.07. The highest BCUT2D eigenvalue weighted by Crippen LogP contribution is 2.24. The Hall–Kier alpha value is -2.24. The van der Waals surface area contributed by atoms with E-state index in [0.29, 0.717) is 10.7 Å². The van der Waals surface area contributed by atoms with Crippen LogP contribution in [0.4, 0.5) is 5.13 Å². The molecule has 0 saturated heterocycles. The molecule has 110 valence electrons. The minimum Gasteiger partial charge on any atom is -0.298 e. The van der Waals surface area contributed by atoms with Crippen molar-refractivity contribution in [3.8, 4) is 0 Å². The van der Waals surface area contributed by atoms with Gasteiger partial charge in [0.15, 0.2) is 5.13 Å². The maximum Gasteiger partial charge on any atom is 0.258 e. The Labute approximate surface area is 137 Å². The van der Waals surface area contributed by atoms with Gasteiger partial charge in [0, 0.05) is 21.5 Å². The second-order valence-electron chi connectivity index (χ2n) is 4.67. The zero-order valence-electron chi connectivity index (χ0n) is 11.9. The highest BCUT2D eigenvalue weighted by atomic mass is 32.1. The maximum absolute atomic E-state index is 12.6. The molecule has 3 aromatic rings. The summed E-state index contributed by atoms with van der Waals surface area (Å²) < 4.78 is 0. The summed E-state index contributed by atoms with van der Waals surface area (Å²) >= 11 is 3.07. The third-order valence-electron chi connectivity index (χ3n) is 3.00. The molecule has 0 aliphatic rings. The monoisotopic (exact) mass is 326 g/mol. The van der Waals surface area contributed by atoms with Crippen molar-refractivity contribution in [1.29, 1.82) is 0 Å². The highest BCUT2D eigenvalue weighted by molar-refractivity contribution is 7.15. The lowest BCUT2D eigenvalue weighted by Crippen LogP contribution is -2.13. The third-order valence-corrected chi connectivity index (χ3v) is 4.65. The molecule has 3 rings (SSSR count). The fraction of sp³-hybridized carbons (Fsp3) is 0.0588. The van der Waals surface area contributed by atoms with Crippen molar-refractivity contribution >= 4 is 45.4 Å². The average Bonchev–Trinajstić information content (AvgIpc) is 3.17. The Kier molecular flexibility index (Phi) is 4.46. The molecular formula is C17H14N2OS2. The van der Waals surface area contributed by atoms with Crippen molar-refractivity contribution in [2.24, 2.45) is 0 Å². The molecule has 0 fully saturated rings. The van der Waals surface area contributed by atoms with Gasteiger partial charge in [-0.1, -0.05) is 36.4 Å². The Morgan fingerprint density at radius 3 is 2.64 bits per heavy atom. The fourth-order valence-electron chi connectivity index (χ4n) is 1.99. The summed E-state index contributed by atoms with van der Waals surface area (Å²) in [7, 11) is 0. The molecule has 5 heteroatoms. The smallest absolute Gasteiger partial charge is 0.258 e. The van der Waals surface area contributed by atoms with Crippen molar-refractivity contribution in [3.05, 3.63) is 69.4 Å². The number of thiophene rings is 1. The molecule has 1 aromatic carbocycles. The topological polar surface area (TPSA) is 42.0 Å². The molecule has 3 nitrogen and oxygen atoms in total. The van der Waals surface area contributed by atoms with E-state index in [-0.39, 0.29) is 5.91 Å². The first-order chi connectivity index (χ1) is 10.7. The number of benzene rings is 1. The first-order valence-corrected chi connectivity index (χ1v) is 8.46. The average molecular weight is 326 g/mol. The van der Waals surface area contributed by atoms with E-state index in [4.69, 9.17) is 0 Å². The van der Waals surface area contributed by atoms with Crippen LogP contribution in [0.3, 0.4) is 0 Å². The van der Waals surface area contributed by atoms with Gasteiger partial charge in [0.2, 0.25) is 0 Å². The molecule has 0 bridgehead atoms. The van der Waals surface area contributed by atoms with E-state index in [1.54, 1.807) is 17.5 Å². The predicted octanol–water partition coefficient (Wildman–Crippen LogP) is 4.69. The Morgan fingerprint density at radius 2 is 2.00 bits per heavy atom. The number of carbonyl (C=O) groups is 1. The van der Waals surface area contributed by atoms with Crippen LogP contribution in [0.25, 0.3) is 11.6 Å². The van der Waals surface area contributed by atoms with Gasteiger partial charge in [-0.05, 0) is 30.0 Å². The molecule has 0 aliphatic carbocycles. The molecule has 0 aliphatic heterocycles. The van der Waals surface area contributed by atoms with Crippen LogP contribution < -0.4 is 5.32 Å². The maximum atomic E-state index is 12.6. The Balaban J connectivity index is 1.93. The number of nitrogens with zero attached hydrogens (tertiary/aromatic N) is 1. The number of aryl methyl sites for hydroxylation is 1. The van der Waals surface area contributed by atoms with E-state index >= 15 is 0 Å². The van der Waals surface area contributed by atoms with Gasteiger partial charge in [-0.3, -0.25) is 10.1 Å². The van der Waals surface area contributed by atoms with E-state index in [9.17, 15) is 4.79 Å². The molecule has 0 spiro atoms. The zero-order chi connectivity index (χ0) is 15.4. The van der Waals surface area contributed by atoms with Crippen LogP contribution in [0.15, 0.2) is 54.0 Å². The normalized spacial score (nSPS) is 11.4. The van der Waals surface area contributed by atoms with E-state index < -0.39 is 0 Å². The van der Waals surface area contributed by atoms with E-state index in [2.05, 4.69) is 10.3 Å².